The van der Waals surface area contributed by atoms with Crippen molar-refractivity contribution in [2.45, 2.75) is 19.8 Å². The Hall–Kier alpha value is -1.23. The van der Waals surface area contributed by atoms with E-state index in [9.17, 15) is 8.42 Å². The van der Waals surface area contributed by atoms with Gasteiger partial charge in [0.25, 0.3) is 0 Å². The molecule has 1 aromatic rings. The lowest BCUT2D eigenvalue weighted by Crippen LogP contribution is -2.37. The third kappa shape index (κ3) is 2.14. The molecule has 0 saturated carbocycles. The number of nitrogens with two attached hydrogens (primary N) is 1. The Kier molecular flexibility index (Phi) is 2.80. The molecule has 0 amide bonds. The van der Waals surface area contributed by atoms with Crippen molar-refractivity contribution < 1.29 is 8.42 Å². The first-order valence-electron chi connectivity index (χ1n) is 5.37. The second-order valence-electron chi connectivity index (χ2n) is 4.20. The number of nitrogen functional groups attached to an aromatic ring is 1. The number of rotatable bonds is 1. The minimum atomic E-state index is -3.13. The molecule has 0 spiro atoms. The second-order valence-corrected chi connectivity index (χ2v) is 6.21. The van der Waals surface area contributed by atoms with E-state index >= 15 is 0 Å². The lowest BCUT2D eigenvalue weighted by molar-refractivity contribution is 0.574. The summed E-state index contributed by atoms with van der Waals surface area (Å²) < 4.78 is 25.3. The van der Waals surface area contributed by atoms with Crippen molar-refractivity contribution in [2.75, 3.05) is 22.3 Å². The van der Waals surface area contributed by atoms with Crippen LogP contribution in [0.3, 0.4) is 0 Å². The first-order valence-corrected chi connectivity index (χ1v) is 6.97. The highest BCUT2D eigenvalue weighted by atomic mass is 32.2. The summed E-state index contributed by atoms with van der Waals surface area (Å²) in [7, 11) is -3.13. The number of nitrogens with zero attached hydrogens (tertiary/aromatic N) is 1. The van der Waals surface area contributed by atoms with Crippen LogP contribution in [0.25, 0.3) is 0 Å². The molecule has 1 aliphatic rings. The zero-order valence-electron chi connectivity index (χ0n) is 9.31. The molecule has 1 saturated heterocycles. The van der Waals surface area contributed by atoms with Gasteiger partial charge in [0.1, 0.15) is 0 Å². The zero-order valence-corrected chi connectivity index (χ0v) is 10.1. The Morgan fingerprint density at radius 1 is 1.25 bits per heavy atom. The smallest absolute Gasteiger partial charge is 0.235 e. The number of anilines is 2. The predicted molar refractivity (Wildman–Crippen MR) is 66.0 cm³/mol. The van der Waals surface area contributed by atoms with Crippen molar-refractivity contribution in [3.8, 4) is 0 Å². The Morgan fingerprint density at radius 2 is 2.00 bits per heavy atom. The largest absolute Gasteiger partial charge is 0.399 e. The van der Waals surface area contributed by atoms with E-state index in [0.717, 1.165) is 18.4 Å². The molecule has 0 radical (unpaired) electrons. The van der Waals surface area contributed by atoms with E-state index in [4.69, 9.17) is 5.73 Å². The SMILES string of the molecule is Cc1cc(N)cc(N2CCCCS2(=O)=O)c1. The molecule has 0 atom stereocenters. The second kappa shape index (κ2) is 3.97. The van der Waals surface area contributed by atoms with Crippen LogP contribution in [0.1, 0.15) is 18.4 Å². The minimum absolute atomic E-state index is 0.237. The molecule has 1 aliphatic heterocycles. The van der Waals surface area contributed by atoms with Crippen LogP contribution < -0.4 is 10.0 Å². The fourth-order valence-electron chi connectivity index (χ4n) is 2.01. The summed E-state index contributed by atoms with van der Waals surface area (Å²) in [5, 5.41) is 0. The van der Waals surface area contributed by atoms with Gasteiger partial charge in [0.15, 0.2) is 0 Å². The number of hydrogen-bond acceptors (Lipinski definition) is 3. The van der Waals surface area contributed by atoms with E-state index in [-0.39, 0.29) is 5.75 Å². The molecule has 16 heavy (non-hydrogen) atoms. The van der Waals surface area contributed by atoms with Gasteiger partial charge in [-0.05, 0) is 43.5 Å². The molecular formula is C11H16N2O2S. The molecule has 1 fully saturated rings. The molecule has 0 aliphatic carbocycles. The van der Waals surface area contributed by atoms with E-state index in [1.807, 2.05) is 19.1 Å². The Labute approximate surface area is 96.1 Å². The lowest BCUT2D eigenvalue weighted by atomic mass is 10.2. The van der Waals surface area contributed by atoms with Gasteiger partial charge in [0.05, 0.1) is 11.4 Å². The van der Waals surface area contributed by atoms with Crippen molar-refractivity contribution in [1.29, 1.82) is 0 Å². The van der Waals surface area contributed by atoms with Gasteiger partial charge in [0, 0.05) is 12.2 Å². The Balaban J connectivity index is 2.43. The normalized spacial score (nSPS) is 19.7. The van der Waals surface area contributed by atoms with Gasteiger partial charge in [-0.25, -0.2) is 8.42 Å². The van der Waals surface area contributed by atoms with Crippen LogP contribution in [0, 0.1) is 6.92 Å². The van der Waals surface area contributed by atoms with Gasteiger partial charge in [-0.3, -0.25) is 4.31 Å². The summed E-state index contributed by atoms with van der Waals surface area (Å²) in [6.45, 7) is 2.47. The van der Waals surface area contributed by atoms with Gasteiger partial charge in [0.2, 0.25) is 10.0 Å². The summed E-state index contributed by atoms with van der Waals surface area (Å²) in [6, 6.07) is 5.41. The standard InChI is InChI=1S/C11H16N2O2S/c1-9-6-10(12)8-11(7-9)13-4-2-3-5-16(13,14)15/h6-8H,2-5,12H2,1H3. The first-order chi connectivity index (χ1) is 7.49. The third-order valence-corrected chi connectivity index (χ3v) is 4.59. The average molecular weight is 240 g/mol. The van der Waals surface area contributed by atoms with Gasteiger partial charge in [-0.2, -0.15) is 0 Å². The van der Waals surface area contributed by atoms with Crippen LogP contribution in [0.2, 0.25) is 0 Å². The van der Waals surface area contributed by atoms with Crippen LogP contribution in [0.5, 0.6) is 0 Å². The van der Waals surface area contributed by atoms with Crippen molar-refractivity contribution in [3.63, 3.8) is 0 Å². The fourth-order valence-corrected chi connectivity index (χ4v) is 3.64. The van der Waals surface area contributed by atoms with Crippen LogP contribution in [0.4, 0.5) is 11.4 Å². The molecule has 1 aromatic carbocycles. The topological polar surface area (TPSA) is 63.4 Å². The van der Waals surface area contributed by atoms with Crippen molar-refractivity contribution in [1.82, 2.24) is 0 Å². The molecular weight excluding hydrogens is 224 g/mol. The summed E-state index contributed by atoms with van der Waals surface area (Å²) in [4.78, 5) is 0. The third-order valence-electron chi connectivity index (χ3n) is 2.72. The van der Waals surface area contributed by atoms with Crippen LogP contribution in [-0.4, -0.2) is 20.7 Å². The van der Waals surface area contributed by atoms with Crippen LogP contribution in [0.15, 0.2) is 18.2 Å². The van der Waals surface area contributed by atoms with E-state index in [0.29, 0.717) is 17.9 Å². The summed E-state index contributed by atoms with van der Waals surface area (Å²) in [6.07, 6.45) is 1.66. The number of aryl methyl sites for hydroxylation is 1. The maximum Gasteiger partial charge on any atom is 0.235 e. The molecule has 5 heteroatoms. The highest BCUT2D eigenvalue weighted by Gasteiger charge is 2.26. The van der Waals surface area contributed by atoms with Crippen LogP contribution in [-0.2, 0) is 10.0 Å². The lowest BCUT2D eigenvalue weighted by Gasteiger charge is -2.28. The molecule has 0 bridgehead atoms. The molecule has 88 valence electrons. The van der Waals surface area contributed by atoms with E-state index in [2.05, 4.69) is 0 Å². The van der Waals surface area contributed by atoms with Crippen LogP contribution >= 0.6 is 0 Å². The minimum Gasteiger partial charge on any atom is -0.399 e. The molecule has 2 N–H and O–H groups in total. The maximum atomic E-state index is 11.9. The zero-order chi connectivity index (χ0) is 11.8. The van der Waals surface area contributed by atoms with E-state index < -0.39 is 10.0 Å². The molecule has 4 nitrogen and oxygen atoms in total. The number of benzene rings is 1. The van der Waals surface area contributed by atoms with E-state index in [1.165, 1.54) is 4.31 Å². The summed E-state index contributed by atoms with van der Waals surface area (Å²) in [5.74, 6) is 0.237. The van der Waals surface area contributed by atoms with Gasteiger partial charge < -0.3 is 5.73 Å². The van der Waals surface area contributed by atoms with E-state index in [1.54, 1.807) is 6.07 Å². The molecule has 2 rings (SSSR count). The van der Waals surface area contributed by atoms with Gasteiger partial charge >= 0.3 is 0 Å². The highest BCUT2D eigenvalue weighted by Crippen LogP contribution is 2.26. The van der Waals surface area contributed by atoms with Crippen molar-refractivity contribution >= 4 is 21.4 Å². The Bertz CT molecular complexity index is 476. The average Bonchev–Trinajstić information content (AvgIpc) is 2.15. The van der Waals surface area contributed by atoms with Crippen molar-refractivity contribution in [2.24, 2.45) is 0 Å². The monoisotopic (exact) mass is 240 g/mol. The quantitative estimate of drug-likeness (QED) is 0.757. The number of sulfonamides is 1. The summed E-state index contributed by atoms with van der Waals surface area (Å²) >= 11 is 0. The van der Waals surface area contributed by atoms with Crippen molar-refractivity contribution in [3.05, 3.63) is 23.8 Å². The highest BCUT2D eigenvalue weighted by molar-refractivity contribution is 7.92. The van der Waals surface area contributed by atoms with Gasteiger partial charge in [-0.1, -0.05) is 0 Å². The molecule has 0 unspecified atom stereocenters. The number of hydrogen-bond donors (Lipinski definition) is 1. The fraction of sp³-hybridized carbons (Fsp3) is 0.455. The molecule has 1 heterocycles. The predicted octanol–water partition coefficient (Wildman–Crippen LogP) is 1.51. The Morgan fingerprint density at radius 3 is 2.62 bits per heavy atom. The maximum absolute atomic E-state index is 11.9. The van der Waals surface area contributed by atoms with Gasteiger partial charge in [-0.15, -0.1) is 0 Å². The first kappa shape index (κ1) is 11.3. The molecule has 0 aromatic heterocycles. The summed E-state index contributed by atoms with van der Waals surface area (Å²) in [5.41, 5.74) is 8.01.